The van der Waals surface area contributed by atoms with Gasteiger partial charge in [0.05, 0.1) is 5.25 Å². The Balaban J connectivity index is 1.71. The van der Waals surface area contributed by atoms with Crippen molar-refractivity contribution in [2.24, 2.45) is 7.05 Å². The van der Waals surface area contributed by atoms with Crippen LogP contribution < -0.4 is 5.32 Å². The van der Waals surface area contributed by atoms with E-state index in [1.54, 1.807) is 18.2 Å². The SMILES string of the molecule is C[C@H](Sc1nnc(-c2ccccc2)n1C)C(=O)Nc1cc(Cl)cc(Cl)c1. The van der Waals surface area contributed by atoms with Crippen molar-refractivity contribution in [1.82, 2.24) is 14.8 Å². The van der Waals surface area contributed by atoms with E-state index in [1.807, 2.05) is 48.9 Å². The molecule has 2 aromatic carbocycles. The van der Waals surface area contributed by atoms with E-state index in [0.717, 1.165) is 11.4 Å². The van der Waals surface area contributed by atoms with Crippen molar-refractivity contribution in [3.8, 4) is 11.4 Å². The van der Waals surface area contributed by atoms with Crippen LogP contribution in [0.2, 0.25) is 10.0 Å². The summed E-state index contributed by atoms with van der Waals surface area (Å²) in [7, 11) is 1.88. The third-order valence-electron chi connectivity index (χ3n) is 3.65. The summed E-state index contributed by atoms with van der Waals surface area (Å²) in [5.74, 6) is 0.583. The van der Waals surface area contributed by atoms with Gasteiger partial charge in [-0.3, -0.25) is 4.79 Å². The zero-order chi connectivity index (χ0) is 18.7. The van der Waals surface area contributed by atoms with Gasteiger partial charge in [-0.2, -0.15) is 0 Å². The Morgan fingerprint density at radius 3 is 2.42 bits per heavy atom. The molecule has 1 atom stereocenters. The van der Waals surface area contributed by atoms with Crippen molar-refractivity contribution in [3.05, 3.63) is 58.6 Å². The molecule has 0 spiro atoms. The smallest absolute Gasteiger partial charge is 0.237 e. The molecule has 5 nitrogen and oxygen atoms in total. The maximum atomic E-state index is 12.5. The van der Waals surface area contributed by atoms with Crippen molar-refractivity contribution in [2.75, 3.05) is 5.32 Å². The highest BCUT2D eigenvalue weighted by molar-refractivity contribution is 8.00. The lowest BCUT2D eigenvalue weighted by Crippen LogP contribution is -2.22. The van der Waals surface area contributed by atoms with Crippen molar-refractivity contribution in [2.45, 2.75) is 17.3 Å². The lowest BCUT2D eigenvalue weighted by atomic mass is 10.2. The molecule has 1 aromatic heterocycles. The first-order valence-electron chi connectivity index (χ1n) is 7.82. The summed E-state index contributed by atoms with van der Waals surface area (Å²) in [6.07, 6.45) is 0. The fourth-order valence-electron chi connectivity index (χ4n) is 2.34. The summed E-state index contributed by atoms with van der Waals surface area (Å²) in [6, 6.07) is 14.7. The molecule has 0 aliphatic rings. The first kappa shape index (κ1) is 18.8. The van der Waals surface area contributed by atoms with Gasteiger partial charge in [0.15, 0.2) is 11.0 Å². The summed E-state index contributed by atoms with van der Waals surface area (Å²) in [4.78, 5) is 12.5. The van der Waals surface area contributed by atoms with Gasteiger partial charge in [-0.1, -0.05) is 65.3 Å². The average molecular weight is 407 g/mol. The normalized spacial score (nSPS) is 12.0. The number of amides is 1. The van der Waals surface area contributed by atoms with E-state index < -0.39 is 0 Å². The minimum Gasteiger partial charge on any atom is -0.325 e. The summed E-state index contributed by atoms with van der Waals surface area (Å²) < 4.78 is 1.88. The Hall–Kier alpha value is -2.02. The molecular weight excluding hydrogens is 391 g/mol. The van der Waals surface area contributed by atoms with Gasteiger partial charge in [-0.15, -0.1) is 10.2 Å². The number of thioether (sulfide) groups is 1. The first-order chi connectivity index (χ1) is 12.4. The lowest BCUT2D eigenvalue weighted by Gasteiger charge is -2.12. The van der Waals surface area contributed by atoms with E-state index in [4.69, 9.17) is 23.2 Å². The van der Waals surface area contributed by atoms with Crippen LogP contribution in [0.1, 0.15) is 6.92 Å². The van der Waals surface area contributed by atoms with Crippen LogP contribution in [-0.2, 0) is 11.8 Å². The minimum absolute atomic E-state index is 0.169. The van der Waals surface area contributed by atoms with Gasteiger partial charge in [0.2, 0.25) is 5.91 Å². The highest BCUT2D eigenvalue weighted by atomic mass is 35.5. The van der Waals surface area contributed by atoms with Crippen LogP contribution in [0.3, 0.4) is 0 Å². The first-order valence-corrected chi connectivity index (χ1v) is 9.46. The fourth-order valence-corrected chi connectivity index (χ4v) is 3.68. The highest BCUT2D eigenvalue weighted by Gasteiger charge is 2.19. The van der Waals surface area contributed by atoms with Gasteiger partial charge in [-0.25, -0.2) is 0 Å². The molecule has 1 amide bonds. The van der Waals surface area contributed by atoms with Crippen LogP contribution in [0.4, 0.5) is 5.69 Å². The van der Waals surface area contributed by atoms with E-state index in [1.165, 1.54) is 11.8 Å². The number of nitrogens with one attached hydrogen (secondary N) is 1. The number of anilines is 1. The highest BCUT2D eigenvalue weighted by Crippen LogP contribution is 2.27. The van der Waals surface area contributed by atoms with Crippen LogP contribution in [0.25, 0.3) is 11.4 Å². The second-order valence-electron chi connectivity index (χ2n) is 5.64. The summed E-state index contributed by atoms with van der Waals surface area (Å²) in [6.45, 7) is 1.81. The van der Waals surface area contributed by atoms with E-state index in [0.29, 0.717) is 20.9 Å². The van der Waals surface area contributed by atoms with Crippen molar-refractivity contribution in [1.29, 1.82) is 0 Å². The number of halogens is 2. The average Bonchev–Trinajstić information content (AvgIpc) is 2.95. The minimum atomic E-state index is -0.376. The molecule has 0 saturated carbocycles. The molecule has 0 aliphatic carbocycles. The van der Waals surface area contributed by atoms with E-state index in [2.05, 4.69) is 15.5 Å². The lowest BCUT2D eigenvalue weighted by molar-refractivity contribution is -0.115. The Morgan fingerprint density at radius 2 is 1.77 bits per heavy atom. The van der Waals surface area contributed by atoms with Gasteiger partial charge < -0.3 is 9.88 Å². The van der Waals surface area contributed by atoms with Crippen molar-refractivity contribution in [3.63, 3.8) is 0 Å². The van der Waals surface area contributed by atoms with Crippen LogP contribution in [0, 0.1) is 0 Å². The summed E-state index contributed by atoms with van der Waals surface area (Å²) in [5.41, 5.74) is 1.53. The van der Waals surface area contributed by atoms with Crippen LogP contribution >= 0.6 is 35.0 Å². The number of benzene rings is 2. The Morgan fingerprint density at radius 1 is 1.12 bits per heavy atom. The number of aromatic nitrogens is 3. The molecule has 134 valence electrons. The van der Waals surface area contributed by atoms with Gasteiger partial charge >= 0.3 is 0 Å². The van der Waals surface area contributed by atoms with Crippen LogP contribution in [0.5, 0.6) is 0 Å². The predicted octanol–water partition coefficient (Wildman–Crippen LogP) is 4.91. The quantitative estimate of drug-likeness (QED) is 0.611. The zero-order valence-electron chi connectivity index (χ0n) is 14.1. The third-order valence-corrected chi connectivity index (χ3v) is 5.22. The molecule has 0 saturated heterocycles. The molecule has 26 heavy (non-hydrogen) atoms. The van der Waals surface area contributed by atoms with Gasteiger partial charge in [-0.05, 0) is 25.1 Å². The molecule has 3 rings (SSSR count). The Labute approximate surface area is 165 Å². The number of carbonyl (C=O) groups excluding carboxylic acids is 1. The predicted molar refractivity (Wildman–Crippen MR) is 107 cm³/mol. The molecule has 0 bridgehead atoms. The monoisotopic (exact) mass is 406 g/mol. The van der Waals surface area contributed by atoms with E-state index in [-0.39, 0.29) is 11.2 Å². The largest absolute Gasteiger partial charge is 0.325 e. The molecule has 3 aromatic rings. The standard InChI is InChI=1S/C18H16Cl2N4OS/c1-11(17(25)21-15-9-13(19)8-14(20)10-15)26-18-23-22-16(24(18)2)12-6-4-3-5-7-12/h3-11H,1-2H3,(H,21,25)/t11-/m0/s1. The van der Waals surface area contributed by atoms with Crippen LogP contribution in [0.15, 0.2) is 53.7 Å². The molecule has 0 radical (unpaired) electrons. The second kappa shape index (κ2) is 8.12. The van der Waals surface area contributed by atoms with Gasteiger partial charge in [0, 0.05) is 28.3 Å². The van der Waals surface area contributed by atoms with E-state index in [9.17, 15) is 4.79 Å². The molecule has 8 heteroatoms. The maximum absolute atomic E-state index is 12.5. The number of hydrogen-bond acceptors (Lipinski definition) is 4. The topological polar surface area (TPSA) is 59.8 Å². The number of rotatable bonds is 5. The Kier molecular flexibility index (Phi) is 5.86. The third kappa shape index (κ3) is 4.38. The summed E-state index contributed by atoms with van der Waals surface area (Å²) in [5, 5.41) is 12.5. The Bertz CT molecular complexity index is 910. The van der Waals surface area contributed by atoms with Crippen molar-refractivity contribution < 1.29 is 4.79 Å². The van der Waals surface area contributed by atoms with Gasteiger partial charge in [0.1, 0.15) is 0 Å². The molecule has 0 fully saturated rings. The molecule has 1 N–H and O–H groups in total. The van der Waals surface area contributed by atoms with Crippen LogP contribution in [-0.4, -0.2) is 25.9 Å². The number of nitrogens with zero attached hydrogens (tertiary/aromatic N) is 3. The summed E-state index contributed by atoms with van der Waals surface area (Å²) >= 11 is 13.3. The molecule has 0 unspecified atom stereocenters. The molecule has 0 aliphatic heterocycles. The zero-order valence-corrected chi connectivity index (χ0v) is 16.4. The number of hydrogen-bond donors (Lipinski definition) is 1. The molecule has 1 heterocycles. The van der Waals surface area contributed by atoms with E-state index >= 15 is 0 Å². The second-order valence-corrected chi connectivity index (χ2v) is 7.82. The fraction of sp³-hybridized carbons (Fsp3) is 0.167. The van der Waals surface area contributed by atoms with Crippen molar-refractivity contribution >= 4 is 46.6 Å². The van der Waals surface area contributed by atoms with Gasteiger partial charge in [0.25, 0.3) is 0 Å². The maximum Gasteiger partial charge on any atom is 0.237 e. The number of carbonyl (C=O) groups is 1. The molecular formula is C18H16Cl2N4OS.